The van der Waals surface area contributed by atoms with Crippen LogP contribution in [-0.2, 0) is 0 Å². The smallest absolute Gasteiger partial charge is 0.230 e. The molecular weight excluding hydrogens is 453 g/mol. The summed E-state index contributed by atoms with van der Waals surface area (Å²) in [5, 5.41) is 15.6. The Morgan fingerprint density at radius 3 is 2.38 bits per heavy atom. The van der Waals surface area contributed by atoms with Crippen LogP contribution in [0, 0.1) is 5.82 Å². The molecule has 0 amide bonds. The lowest BCUT2D eigenvalue weighted by atomic mass is 10.0. The molecule has 1 atom stereocenters. The Bertz CT molecular complexity index is 1390. The van der Waals surface area contributed by atoms with Crippen LogP contribution in [0.3, 0.4) is 0 Å². The molecular formula is C25H22FN5O2S. The number of piperazine rings is 1. The van der Waals surface area contributed by atoms with Crippen molar-refractivity contribution in [2.45, 2.75) is 6.04 Å². The fraction of sp³-hybridized carbons (Fsp3) is 0.200. The Morgan fingerprint density at radius 2 is 1.71 bits per heavy atom. The second-order valence-electron chi connectivity index (χ2n) is 8.21. The summed E-state index contributed by atoms with van der Waals surface area (Å²) >= 11 is 1.39. The Kier molecular flexibility index (Phi) is 5.27. The largest absolute Gasteiger partial charge is 0.492 e. The molecule has 9 heteroatoms. The summed E-state index contributed by atoms with van der Waals surface area (Å²) in [5.74, 6) is 0.730. The molecule has 172 valence electrons. The number of anilines is 1. The van der Waals surface area contributed by atoms with E-state index in [0.717, 1.165) is 36.6 Å². The number of aromatic hydroxyl groups is 1. The number of aromatic nitrogens is 3. The van der Waals surface area contributed by atoms with Crippen LogP contribution in [0.2, 0.25) is 0 Å². The number of hydrogen-bond acceptors (Lipinski definition) is 7. The molecule has 3 aromatic heterocycles. The summed E-state index contributed by atoms with van der Waals surface area (Å²) in [5.41, 5.74) is 2.12. The molecule has 1 aliphatic rings. The molecule has 34 heavy (non-hydrogen) atoms. The van der Waals surface area contributed by atoms with Crippen molar-refractivity contribution < 1.29 is 13.9 Å². The van der Waals surface area contributed by atoms with Gasteiger partial charge in [0.2, 0.25) is 16.7 Å². The SMILES string of the molecule is Oc1c(C(c2ccc(F)cc2)N2CCN(c3ccccc3)CC2)sc2nc(-c3ccco3)nn12. The molecule has 4 heterocycles. The first-order chi connectivity index (χ1) is 16.7. The number of furan rings is 1. The fourth-order valence-electron chi connectivity index (χ4n) is 4.49. The van der Waals surface area contributed by atoms with Crippen molar-refractivity contribution in [1.29, 1.82) is 0 Å². The normalized spacial score (nSPS) is 15.7. The maximum Gasteiger partial charge on any atom is 0.230 e. The summed E-state index contributed by atoms with van der Waals surface area (Å²) in [7, 11) is 0. The van der Waals surface area contributed by atoms with Gasteiger partial charge < -0.3 is 14.4 Å². The van der Waals surface area contributed by atoms with E-state index >= 15 is 0 Å². The van der Waals surface area contributed by atoms with Gasteiger partial charge in [-0.3, -0.25) is 4.90 Å². The third-order valence-electron chi connectivity index (χ3n) is 6.18. The van der Waals surface area contributed by atoms with E-state index in [1.165, 1.54) is 33.7 Å². The van der Waals surface area contributed by atoms with Crippen molar-refractivity contribution in [1.82, 2.24) is 19.5 Å². The van der Waals surface area contributed by atoms with E-state index in [2.05, 4.69) is 32.0 Å². The van der Waals surface area contributed by atoms with Gasteiger partial charge in [0.25, 0.3) is 0 Å². The molecule has 1 unspecified atom stereocenters. The second kappa shape index (κ2) is 8.58. The molecule has 1 aliphatic heterocycles. The lowest BCUT2D eigenvalue weighted by Crippen LogP contribution is -2.47. The molecule has 5 aromatic rings. The van der Waals surface area contributed by atoms with Gasteiger partial charge in [-0.15, -0.1) is 5.10 Å². The zero-order valence-electron chi connectivity index (χ0n) is 18.2. The number of benzene rings is 2. The van der Waals surface area contributed by atoms with Crippen LogP contribution >= 0.6 is 11.3 Å². The number of thiazole rings is 1. The van der Waals surface area contributed by atoms with Crippen LogP contribution in [0.1, 0.15) is 16.5 Å². The Labute approximate surface area is 199 Å². The van der Waals surface area contributed by atoms with Crippen LogP contribution in [-0.4, -0.2) is 50.8 Å². The topological polar surface area (TPSA) is 70.0 Å². The summed E-state index contributed by atoms with van der Waals surface area (Å²) in [6.45, 7) is 3.29. The van der Waals surface area contributed by atoms with Gasteiger partial charge in [-0.2, -0.15) is 9.50 Å². The highest BCUT2D eigenvalue weighted by Gasteiger charge is 2.32. The number of halogens is 1. The van der Waals surface area contributed by atoms with Crippen LogP contribution < -0.4 is 4.90 Å². The minimum absolute atomic E-state index is 0.0464. The summed E-state index contributed by atoms with van der Waals surface area (Å²) in [6.07, 6.45) is 1.56. The summed E-state index contributed by atoms with van der Waals surface area (Å²) < 4.78 is 20.6. The van der Waals surface area contributed by atoms with E-state index in [0.29, 0.717) is 16.5 Å². The molecule has 1 fully saturated rings. The van der Waals surface area contributed by atoms with Gasteiger partial charge in [0, 0.05) is 31.9 Å². The van der Waals surface area contributed by atoms with Crippen LogP contribution in [0.4, 0.5) is 10.1 Å². The second-order valence-corrected chi connectivity index (χ2v) is 9.22. The third-order valence-corrected chi connectivity index (χ3v) is 7.25. The predicted molar refractivity (Wildman–Crippen MR) is 129 cm³/mol. The van der Waals surface area contributed by atoms with Crippen molar-refractivity contribution in [3.63, 3.8) is 0 Å². The molecule has 6 rings (SSSR count). The maximum absolute atomic E-state index is 13.7. The first-order valence-corrected chi connectivity index (χ1v) is 11.9. The fourth-order valence-corrected chi connectivity index (χ4v) is 5.61. The van der Waals surface area contributed by atoms with Crippen LogP contribution in [0.5, 0.6) is 5.88 Å². The number of para-hydroxylation sites is 1. The van der Waals surface area contributed by atoms with E-state index in [4.69, 9.17) is 4.42 Å². The molecule has 7 nitrogen and oxygen atoms in total. The highest BCUT2D eigenvalue weighted by Crippen LogP contribution is 2.41. The first kappa shape index (κ1) is 20.9. The van der Waals surface area contributed by atoms with E-state index in [9.17, 15) is 9.50 Å². The molecule has 1 saturated heterocycles. The Morgan fingerprint density at radius 1 is 0.941 bits per heavy atom. The van der Waals surface area contributed by atoms with Gasteiger partial charge >= 0.3 is 0 Å². The van der Waals surface area contributed by atoms with Crippen molar-refractivity contribution >= 4 is 22.0 Å². The molecule has 1 N–H and O–H groups in total. The average molecular weight is 476 g/mol. The van der Waals surface area contributed by atoms with Gasteiger partial charge in [-0.05, 0) is 42.0 Å². The van der Waals surface area contributed by atoms with Crippen molar-refractivity contribution in [2.24, 2.45) is 0 Å². The highest BCUT2D eigenvalue weighted by molar-refractivity contribution is 7.17. The van der Waals surface area contributed by atoms with Gasteiger partial charge in [-0.1, -0.05) is 41.7 Å². The monoisotopic (exact) mass is 475 g/mol. The van der Waals surface area contributed by atoms with E-state index in [1.54, 1.807) is 30.5 Å². The number of rotatable bonds is 5. The van der Waals surface area contributed by atoms with Crippen LogP contribution in [0.15, 0.2) is 77.4 Å². The third kappa shape index (κ3) is 3.72. The highest BCUT2D eigenvalue weighted by atomic mass is 32.1. The first-order valence-electron chi connectivity index (χ1n) is 11.1. The zero-order chi connectivity index (χ0) is 23.1. The van der Waals surface area contributed by atoms with E-state index in [-0.39, 0.29) is 17.7 Å². The number of hydrogen-bond donors (Lipinski definition) is 1. The molecule has 0 aliphatic carbocycles. The minimum Gasteiger partial charge on any atom is -0.492 e. The van der Waals surface area contributed by atoms with Gasteiger partial charge in [-0.25, -0.2) is 4.39 Å². The number of fused-ring (bicyclic) bond motifs is 1. The molecule has 2 aromatic carbocycles. The molecule has 0 spiro atoms. The molecule has 0 saturated carbocycles. The average Bonchev–Trinajstić information content (AvgIpc) is 3.61. The van der Waals surface area contributed by atoms with Crippen molar-refractivity contribution in [3.05, 3.63) is 89.3 Å². The maximum atomic E-state index is 13.7. The minimum atomic E-state index is -0.286. The standard InChI is InChI=1S/C25H22FN5O2S/c26-18-10-8-17(9-11-18)21(30-14-12-29(13-15-30)19-5-2-1-3-6-19)22-24(32)31-25(34-22)27-23(28-31)20-7-4-16-33-20/h1-11,16,21,32H,12-15H2. The Hall–Kier alpha value is -3.69. The van der Waals surface area contributed by atoms with E-state index in [1.807, 2.05) is 18.2 Å². The van der Waals surface area contributed by atoms with Gasteiger partial charge in [0.05, 0.1) is 17.2 Å². The number of nitrogens with zero attached hydrogens (tertiary/aromatic N) is 5. The quantitative estimate of drug-likeness (QED) is 0.394. The van der Waals surface area contributed by atoms with Crippen LogP contribution in [0.25, 0.3) is 16.5 Å². The van der Waals surface area contributed by atoms with Gasteiger partial charge in [0.1, 0.15) is 5.82 Å². The lowest BCUT2D eigenvalue weighted by Gasteiger charge is -2.40. The predicted octanol–water partition coefficient (Wildman–Crippen LogP) is 4.81. The Balaban J connectivity index is 1.34. The summed E-state index contributed by atoms with van der Waals surface area (Å²) in [4.78, 5) is 10.6. The lowest BCUT2D eigenvalue weighted by molar-refractivity contribution is 0.211. The zero-order valence-corrected chi connectivity index (χ0v) is 19.0. The van der Waals surface area contributed by atoms with Crippen molar-refractivity contribution in [2.75, 3.05) is 31.1 Å². The molecule has 0 bridgehead atoms. The van der Waals surface area contributed by atoms with Crippen molar-refractivity contribution in [3.8, 4) is 17.5 Å². The summed E-state index contributed by atoms with van der Waals surface area (Å²) in [6, 6.07) is 20.2. The van der Waals surface area contributed by atoms with E-state index < -0.39 is 0 Å². The van der Waals surface area contributed by atoms with Gasteiger partial charge in [0.15, 0.2) is 5.76 Å². The molecule has 0 radical (unpaired) electrons.